The topological polar surface area (TPSA) is 104 Å². The number of amides is 1. The smallest absolute Gasteiger partial charge is 0.277 e. The number of fused-ring (bicyclic) bond motifs is 1. The second kappa shape index (κ2) is 6.88. The molecule has 3 N–H and O–H groups in total. The van der Waals surface area contributed by atoms with E-state index in [0.29, 0.717) is 22.7 Å². The largest absolute Gasteiger partial charge is 0.339 e. The van der Waals surface area contributed by atoms with Gasteiger partial charge in [-0.1, -0.05) is 30.8 Å². The summed E-state index contributed by atoms with van der Waals surface area (Å²) < 4.78 is 0. The zero-order valence-corrected chi connectivity index (χ0v) is 14.1. The summed E-state index contributed by atoms with van der Waals surface area (Å²) in [6, 6.07) is 7.61. The number of aryl methyl sites for hydroxylation is 1. The SMILES string of the molecule is CC[C@H](Sc1nc2nc[nH]c2c(=O)[nH]1)C(=O)Nc1cccc(C)c1. The van der Waals surface area contributed by atoms with Gasteiger partial charge in [0.2, 0.25) is 5.91 Å². The molecular formula is C16H17N5O2S. The second-order valence-electron chi connectivity index (χ2n) is 5.35. The molecule has 1 aromatic carbocycles. The standard InChI is InChI=1S/C16H17N5O2S/c1-3-11(14(22)19-10-6-4-5-9(2)7-10)24-16-20-13-12(15(23)21-16)17-8-18-13/h4-8,11H,3H2,1-2H3,(H,19,22)(H2,17,18,20,21,23)/t11-/m0/s1. The molecule has 0 fully saturated rings. The van der Waals surface area contributed by atoms with Crippen LogP contribution in [0, 0.1) is 6.92 Å². The molecule has 0 saturated heterocycles. The highest BCUT2D eigenvalue weighted by molar-refractivity contribution is 8.00. The highest BCUT2D eigenvalue weighted by Gasteiger charge is 2.20. The van der Waals surface area contributed by atoms with Gasteiger partial charge < -0.3 is 10.3 Å². The summed E-state index contributed by atoms with van der Waals surface area (Å²) in [5, 5.41) is 2.91. The van der Waals surface area contributed by atoms with Crippen molar-refractivity contribution in [1.82, 2.24) is 19.9 Å². The van der Waals surface area contributed by atoms with Crippen LogP contribution in [-0.2, 0) is 4.79 Å². The molecule has 3 aromatic rings. The van der Waals surface area contributed by atoms with Gasteiger partial charge in [0.25, 0.3) is 5.56 Å². The van der Waals surface area contributed by atoms with Crippen LogP contribution in [0.2, 0.25) is 0 Å². The third kappa shape index (κ3) is 3.48. The van der Waals surface area contributed by atoms with Crippen LogP contribution in [0.15, 0.2) is 40.5 Å². The number of benzene rings is 1. The Kier molecular flexibility index (Phi) is 4.66. The van der Waals surface area contributed by atoms with E-state index in [9.17, 15) is 9.59 Å². The van der Waals surface area contributed by atoms with Crippen molar-refractivity contribution in [3.8, 4) is 0 Å². The number of aromatic amines is 2. The molecule has 1 amide bonds. The second-order valence-corrected chi connectivity index (χ2v) is 6.54. The van der Waals surface area contributed by atoms with Gasteiger partial charge in [-0.25, -0.2) is 9.97 Å². The number of thioether (sulfide) groups is 1. The molecule has 3 rings (SSSR count). The molecule has 0 unspecified atom stereocenters. The number of anilines is 1. The molecule has 0 bridgehead atoms. The number of hydrogen-bond donors (Lipinski definition) is 3. The molecule has 0 aliphatic rings. The lowest BCUT2D eigenvalue weighted by molar-refractivity contribution is -0.115. The maximum Gasteiger partial charge on any atom is 0.277 e. The van der Waals surface area contributed by atoms with E-state index in [-0.39, 0.29) is 16.7 Å². The molecule has 0 saturated carbocycles. The van der Waals surface area contributed by atoms with Crippen molar-refractivity contribution in [2.45, 2.75) is 30.7 Å². The van der Waals surface area contributed by atoms with Crippen LogP contribution in [0.3, 0.4) is 0 Å². The first-order valence-electron chi connectivity index (χ1n) is 7.54. The van der Waals surface area contributed by atoms with Crippen LogP contribution in [0.5, 0.6) is 0 Å². The van der Waals surface area contributed by atoms with Crippen molar-refractivity contribution in [2.24, 2.45) is 0 Å². The molecule has 7 nitrogen and oxygen atoms in total. The maximum absolute atomic E-state index is 12.5. The summed E-state index contributed by atoms with van der Waals surface area (Å²) in [4.78, 5) is 38.1. The Hall–Kier alpha value is -2.61. The van der Waals surface area contributed by atoms with Crippen molar-refractivity contribution in [3.05, 3.63) is 46.5 Å². The van der Waals surface area contributed by atoms with Gasteiger partial charge in [0.1, 0.15) is 0 Å². The number of hydrogen-bond acceptors (Lipinski definition) is 5. The highest BCUT2D eigenvalue weighted by atomic mass is 32.2. The molecule has 8 heteroatoms. The average Bonchev–Trinajstić information content (AvgIpc) is 3.01. The summed E-state index contributed by atoms with van der Waals surface area (Å²) >= 11 is 1.22. The van der Waals surface area contributed by atoms with Gasteiger partial charge in [-0.05, 0) is 31.0 Å². The first-order valence-corrected chi connectivity index (χ1v) is 8.42. The normalized spacial score (nSPS) is 12.2. The summed E-state index contributed by atoms with van der Waals surface area (Å²) in [6.07, 6.45) is 2.02. The van der Waals surface area contributed by atoms with E-state index < -0.39 is 0 Å². The van der Waals surface area contributed by atoms with E-state index in [1.165, 1.54) is 18.1 Å². The first-order chi connectivity index (χ1) is 11.6. The van der Waals surface area contributed by atoms with Crippen molar-refractivity contribution in [1.29, 1.82) is 0 Å². The van der Waals surface area contributed by atoms with Gasteiger partial charge in [-0.2, -0.15) is 0 Å². The molecule has 0 spiro atoms. The maximum atomic E-state index is 12.5. The quantitative estimate of drug-likeness (QED) is 0.488. The molecule has 2 aromatic heterocycles. The Labute approximate surface area is 142 Å². The minimum absolute atomic E-state index is 0.127. The molecule has 2 heterocycles. The zero-order valence-electron chi connectivity index (χ0n) is 13.3. The average molecular weight is 343 g/mol. The molecule has 0 aliphatic heterocycles. The predicted octanol–water partition coefficient (Wildman–Crippen LogP) is 2.46. The number of aromatic nitrogens is 4. The third-order valence-electron chi connectivity index (χ3n) is 3.48. The van der Waals surface area contributed by atoms with E-state index in [4.69, 9.17) is 0 Å². The van der Waals surface area contributed by atoms with Gasteiger partial charge in [-0.15, -0.1) is 0 Å². The van der Waals surface area contributed by atoms with Gasteiger partial charge in [0.05, 0.1) is 11.6 Å². The zero-order chi connectivity index (χ0) is 17.1. The van der Waals surface area contributed by atoms with Gasteiger partial charge in [-0.3, -0.25) is 14.6 Å². The van der Waals surface area contributed by atoms with Gasteiger partial charge in [0, 0.05) is 5.69 Å². The predicted molar refractivity (Wildman–Crippen MR) is 94.3 cm³/mol. The number of carbonyl (C=O) groups is 1. The van der Waals surface area contributed by atoms with Crippen LogP contribution in [0.1, 0.15) is 18.9 Å². The van der Waals surface area contributed by atoms with Gasteiger partial charge in [0.15, 0.2) is 16.3 Å². The van der Waals surface area contributed by atoms with E-state index in [1.54, 1.807) is 0 Å². The van der Waals surface area contributed by atoms with Crippen molar-refractivity contribution in [2.75, 3.05) is 5.32 Å². The van der Waals surface area contributed by atoms with Crippen LogP contribution >= 0.6 is 11.8 Å². The van der Waals surface area contributed by atoms with Gasteiger partial charge >= 0.3 is 0 Å². The fraction of sp³-hybridized carbons (Fsp3) is 0.250. The molecular weight excluding hydrogens is 326 g/mol. The number of nitrogens with zero attached hydrogens (tertiary/aromatic N) is 2. The molecule has 24 heavy (non-hydrogen) atoms. The highest BCUT2D eigenvalue weighted by Crippen LogP contribution is 2.23. The Morgan fingerprint density at radius 3 is 3.00 bits per heavy atom. The number of rotatable bonds is 5. The van der Waals surface area contributed by atoms with Crippen LogP contribution in [0.4, 0.5) is 5.69 Å². The van der Waals surface area contributed by atoms with Crippen LogP contribution in [0.25, 0.3) is 11.2 Å². The Bertz CT molecular complexity index is 933. The minimum Gasteiger partial charge on any atom is -0.339 e. The van der Waals surface area contributed by atoms with Crippen molar-refractivity contribution < 1.29 is 4.79 Å². The summed E-state index contributed by atoms with van der Waals surface area (Å²) in [7, 11) is 0. The Balaban J connectivity index is 1.77. The summed E-state index contributed by atoms with van der Waals surface area (Å²) in [6.45, 7) is 3.88. The summed E-state index contributed by atoms with van der Waals surface area (Å²) in [5.41, 5.74) is 2.20. The van der Waals surface area contributed by atoms with Crippen LogP contribution in [-0.4, -0.2) is 31.1 Å². The fourth-order valence-electron chi connectivity index (χ4n) is 2.28. The third-order valence-corrected chi connectivity index (χ3v) is 4.73. The Morgan fingerprint density at radius 2 is 2.25 bits per heavy atom. The number of H-pyrrole nitrogens is 2. The molecule has 0 aliphatic carbocycles. The number of carbonyl (C=O) groups excluding carboxylic acids is 1. The summed E-state index contributed by atoms with van der Waals surface area (Å²) in [5.74, 6) is -0.127. The van der Waals surface area contributed by atoms with E-state index in [0.717, 1.165) is 11.3 Å². The fourth-order valence-corrected chi connectivity index (χ4v) is 3.17. The van der Waals surface area contributed by atoms with Crippen molar-refractivity contribution >= 4 is 34.5 Å². The van der Waals surface area contributed by atoms with E-state index >= 15 is 0 Å². The number of imidazole rings is 1. The minimum atomic E-state index is -0.370. The molecule has 1 atom stereocenters. The first kappa shape index (κ1) is 16.3. The van der Waals surface area contributed by atoms with E-state index in [2.05, 4.69) is 25.3 Å². The number of nitrogens with one attached hydrogen (secondary N) is 3. The molecule has 124 valence electrons. The van der Waals surface area contributed by atoms with Crippen LogP contribution < -0.4 is 10.9 Å². The lowest BCUT2D eigenvalue weighted by atomic mass is 10.2. The van der Waals surface area contributed by atoms with Crippen molar-refractivity contribution in [3.63, 3.8) is 0 Å². The Morgan fingerprint density at radius 1 is 1.42 bits per heavy atom. The van der Waals surface area contributed by atoms with E-state index in [1.807, 2.05) is 38.1 Å². The monoisotopic (exact) mass is 343 g/mol. The lowest BCUT2D eigenvalue weighted by Gasteiger charge is -2.14. The lowest BCUT2D eigenvalue weighted by Crippen LogP contribution is -2.25. The molecule has 0 radical (unpaired) electrons.